The van der Waals surface area contributed by atoms with E-state index in [4.69, 9.17) is 9.47 Å². The van der Waals surface area contributed by atoms with Crippen molar-refractivity contribution in [2.45, 2.75) is 6.92 Å². The molecule has 0 bridgehead atoms. The van der Waals surface area contributed by atoms with E-state index >= 15 is 0 Å². The monoisotopic (exact) mass is 285 g/mol. The number of hydrogen-bond acceptors (Lipinski definition) is 3. The second-order valence-electron chi connectivity index (χ2n) is 4.65. The van der Waals surface area contributed by atoms with Gasteiger partial charge < -0.3 is 14.8 Å². The maximum Gasteiger partial charge on any atom is 0.251 e. The fourth-order valence-electron chi connectivity index (χ4n) is 1.88. The van der Waals surface area contributed by atoms with Crippen LogP contribution in [0.5, 0.6) is 11.5 Å². The Labute approximate surface area is 124 Å². The van der Waals surface area contributed by atoms with Gasteiger partial charge in [0.2, 0.25) is 0 Å². The summed E-state index contributed by atoms with van der Waals surface area (Å²) in [5.74, 6) is 1.42. The van der Waals surface area contributed by atoms with Crippen molar-refractivity contribution in [2.24, 2.45) is 0 Å². The number of ether oxygens (including phenoxy) is 2. The molecule has 0 unspecified atom stereocenters. The topological polar surface area (TPSA) is 47.6 Å². The predicted molar refractivity (Wildman–Crippen MR) is 82.0 cm³/mol. The Morgan fingerprint density at radius 3 is 2.52 bits per heavy atom. The zero-order chi connectivity index (χ0) is 15.1. The van der Waals surface area contributed by atoms with E-state index in [9.17, 15) is 4.79 Å². The van der Waals surface area contributed by atoms with Crippen molar-refractivity contribution in [2.75, 3.05) is 20.3 Å². The molecule has 0 heterocycles. The van der Waals surface area contributed by atoms with Gasteiger partial charge in [-0.05, 0) is 48.9 Å². The summed E-state index contributed by atoms with van der Waals surface area (Å²) in [5.41, 5.74) is 1.75. The molecule has 1 N–H and O–H groups in total. The Morgan fingerprint density at radius 1 is 1.10 bits per heavy atom. The molecule has 0 spiro atoms. The van der Waals surface area contributed by atoms with E-state index < -0.39 is 0 Å². The molecule has 0 atom stereocenters. The number of hydrogen-bond donors (Lipinski definition) is 1. The van der Waals surface area contributed by atoms with Crippen molar-refractivity contribution in [1.29, 1.82) is 0 Å². The first-order valence-corrected chi connectivity index (χ1v) is 6.81. The standard InChI is InChI=1S/C17H19NO3/c1-13-4-3-5-16(12-13)21-11-10-18-17(19)14-6-8-15(20-2)9-7-14/h3-9,12H,10-11H2,1-2H3,(H,18,19). The first kappa shape index (κ1) is 14.9. The van der Waals surface area contributed by atoms with Crippen LogP contribution in [0.15, 0.2) is 48.5 Å². The van der Waals surface area contributed by atoms with Crippen LogP contribution in [-0.2, 0) is 0 Å². The third kappa shape index (κ3) is 4.53. The summed E-state index contributed by atoms with van der Waals surface area (Å²) < 4.78 is 10.6. The Bertz CT molecular complexity index is 593. The quantitative estimate of drug-likeness (QED) is 0.830. The minimum Gasteiger partial charge on any atom is -0.497 e. The van der Waals surface area contributed by atoms with E-state index in [2.05, 4.69) is 5.32 Å². The first-order valence-electron chi connectivity index (χ1n) is 6.81. The summed E-state index contributed by atoms with van der Waals surface area (Å²) >= 11 is 0. The van der Waals surface area contributed by atoms with E-state index in [0.29, 0.717) is 18.7 Å². The molecule has 0 aliphatic rings. The fraction of sp³-hybridized carbons (Fsp3) is 0.235. The van der Waals surface area contributed by atoms with E-state index in [1.54, 1.807) is 31.4 Å². The third-order valence-electron chi connectivity index (χ3n) is 3.00. The summed E-state index contributed by atoms with van der Waals surface area (Å²) in [6.07, 6.45) is 0. The van der Waals surface area contributed by atoms with E-state index in [1.165, 1.54) is 0 Å². The lowest BCUT2D eigenvalue weighted by atomic mass is 10.2. The van der Waals surface area contributed by atoms with Crippen LogP contribution in [0.25, 0.3) is 0 Å². The van der Waals surface area contributed by atoms with Gasteiger partial charge in [0, 0.05) is 5.56 Å². The van der Waals surface area contributed by atoms with Gasteiger partial charge in [-0.3, -0.25) is 4.79 Å². The molecule has 0 saturated carbocycles. The number of carbonyl (C=O) groups excluding carboxylic acids is 1. The highest BCUT2D eigenvalue weighted by molar-refractivity contribution is 5.94. The molecule has 4 nitrogen and oxygen atoms in total. The molecule has 0 aliphatic carbocycles. The van der Waals surface area contributed by atoms with Gasteiger partial charge in [0.15, 0.2) is 0 Å². The number of nitrogens with one attached hydrogen (secondary N) is 1. The predicted octanol–water partition coefficient (Wildman–Crippen LogP) is 2.81. The Balaban J connectivity index is 1.76. The van der Waals surface area contributed by atoms with Gasteiger partial charge in [0.1, 0.15) is 18.1 Å². The maximum absolute atomic E-state index is 11.9. The highest BCUT2D eigenvalue weighted by Gasteiger charge is 2.04. The molecule has 0 radical (unpaired) electrons. The van der Waals surface area contributed by atoms with E-state index in [1.807, 2.05) is 31.2 Å². The Hall–Kier alpha value is -2.49. The summed E-state index contributed by atoms with van der Waals surface area (Å²) in [5, 5.41) is 2.82. The number of aryl methyl sites for hydroxylation is 1. The van der Waals surface area contributed by atoms with Crippen LogP contribution in [0.1, 0.15) is 15.9 Å². The van der Waals surface area contributed by atoms with E-state index in [0.717, 1.165) is 17.1 Å². The van der Waals surface area contributed by atoms with Gasteiger partial charge in [-0.2, -0.15) is 0 Å². The number of methoxy groups -OCH3 is 1. The van der Waals surface area contributed by atoms with Crippen LogP contribution in [0.2, 0.25) is 0 Å². The molecular weight excluding hydrogens is 266 g/mol. The van der Waals surface area contributed by atoms with Gasteiger partial charge in [-0.1, -0.05) is 12.1 Å². The van der Waals surface area contributed by atoms with Crippen LogP contribution in [-0.4, -0.2) is 26.2 Å². The number of carbonyl (C=O) groups is 1. The van der Waals surface area contributed by atoms with Crippen LogP contribution < -0.4 is 14.8 Å². The van der Waals surface area contributed by atoms with Crippen molar-refractivity contribution >= 4 is 5.91 Å². The highest BCUT2D eigenvalue weighted by atomic mass is 16.5. The van der Waals surface area contributed by atoms with Gasteiger partial charge in [-0.25, -0.2) is 0 Å². The highest BCUT2D eigenvalue weighted by Crippen LogP contribution is 2.12. The molecule has 1 amide bonds. The van der Waals surface area contributed by atoms with Gasteiger partial charge in [0.05, 0.1) is 13.7 Å². The average Bonchev–Trinajstić information content (AvgIpc) is 2.51. The van der Waals surface area contributed by atoms with Crippen LogP contribution >= 0.6 is 0 Å². The van der Waals surface area contributed by atoms with Gasteiger partial charge in [0.25, 0.3) is 5.91 Å². The van der Waals surface area contributed by atoms with Crippen molar-refractivity contribution in [1.82, 2.24) is 5.32 Å². The lowest BCUT2D eigenvalue weighted by Gasteiger charge is -2.08. The molecule has 2 aromatic rings. The molecule has 21 heavy (non-hydrogen) atoms. The third-order valence-corrected chi connectivity index (χ3v) is 3.00. The molecule has 2 aromatic carbocycles. The maximum atomic E-state index is 11.9. The largest absolute Gasteiger partial charge is 0.497 e. The van der Waals surface area contributed by atoms with Crippen molar-refractivity contribution in [3.63, 3.8) is 0 Å². The average molecular weight is 285 g/mol. The fourth-order valence-corrected chi connectivity index (χ4v) is 1.88. The number of rotatable bonds is 6. The van der Waals surface area contributed by atoms with Gasteiger partial charge in [-0.15, -0.1) is 0 Å². The molecule has 110 valence electrons. The number of benzene rings is 2. The molecular formula is C17H19NO3. The summed E-state index contributed by atoms with van der Waals surface area (Å²) in [4.78, 5) is 11.9. The second-order valence-corrected chi connectivity index (χ2v) is 4.65. The lowest BCUT2D eigenvalue weighted by Crippen LogP contribution is -2.28. The van der Waals surface area contributed by atoms with Crippen molar-refractivity contribution in [3.8, 4) is 11.5 Å². The normalized spacial score (nSPS) is 10.0. The smallest absolute Gasteiger partial charge is 0.251 e. The molecule has 4 heteroatoms. The van der Waals surface area contributed by atoms with Crippen LogP contribution in [0.3, 0.4) is 0 Å². The minimum atomic E-state index is -0.120. The second kappa shape index (κ2) is 7.33. The molecule has 0 fully saturated rings. The van der Waals surface area contributed by atoms with Crippen molar-refractivity contribution < 1.29 is 14.3 Å². The molecule has 0 aliphatic heterocycles. The summed E-state index contributed by atoms with van der Waals surface area (Å²) in [6, 6.07) is 14.8. The Morgan fingerprint density at radius 2 is 1.86 bits per heavy atom. The van der Waals surface area contributed by atoms with Gasteiger partial charge >= 0.3 is 0 Å². The molecule has 2 rings (SSSR count). The van der Waals surface area contributed by atoms with Crippen LogP contribution in [0, 0.1) is 6.92 Å². The van der Waals surface area contributed by atoms with E-state index in [-0.39, 0.29) is 5.91 Å². The molecule has 0 aromatic heterocycles. The lowest BCUT2D eigenvalue weighted by molar-refractivity contribution is 0.0947. The number of amides is 1. The van der Waals surface area contributed by atoms with Crippen molar-refractivity contribution in [3.05, 3.63) is 59.7 Å². The first-order chi connectivity index (χ1) is 10.2. The summed E-state index contributed by atoms with van der Waals surface area (Å²) in [6.45, 7) is 2.91. The Kier molecular flexibility index (Phi) is 5.21. The zero-order valence-corrected chi connectivity index (χ0v) is 12.3. The zero-order valence-electron chi connectivity index (χ0n) is 12.3. The summed E-state index contributed by atoms with van der Waals surface area (Å²) in [7, 11) is 1.59. The molecule has 0 saturated heterocycles. The minimum absolute atomic E-state index is 0.120. The SMILES string of the molecule is COc1ccc(C(=O)NCCOc2cccc(C)c2)cc1. The van der Waals surface area contributed by atoms with Crippen LogP contribution in [0.4, 0.5) is 0 Å².